The second kappa shape index (κ2) is 13.7. The van der Waals surface area contributed by atoms with Crippen molar-refractivity contribution in [3.05, 3.63) is 83.4 Å². The molecule has 2 aliphatic rings. The van der Waals surface area contributed by atoms with E-state index in [1.54, 1.807) is 17.0 Å². The Balaban J connectivity index is 0.000000154. The number of fused-ring (bicyclic) bond motifs is 2. The van der Waals surface area contributed by atoms with Crippen LogP contribution in [0.2, 0.25) is 5.02 Å². The number of hydrogen-bond acceptors (Lipinski definition) is 12. The Labute approximate surface area is 282 Å². The molecular weight excluding hydrogens is 658 g/mol. The second-order valence-corrected chi connectivity index (χ2v) is 11.2. The molecule has 0 radical (unpaired) electrons. The molecule has 6 aromatic rings. The fourth-order valence-corrected chi connectivity index (χ4v) is 5.74. The highest BCUT2D eigenvalue weighted by atomic mass is 35.5. The Morgan fingerprint density at radius 2 is 1.20 bits per heavy atom. The molecule has 2 fully saturated rings. The SMILES string of the molecule is N#Cc1nc(N2CCOCC2)c2ncn(-c3ccc(F)c(F)c3)c2n1.N#Cc1nc(N2CCOCC2)c2ncn(-c3ccccc3Cl)c2n1. The monoisotopic (exact) mass is 682 g/mol. The molecule has 246 valence electrons. The fourth-order valence-electron chi connectivity index (χ4n) is 5.51. The van der Waals surface area contributed by atoms with Crippen molar-refractivity contribution in [2.24, 2.45) is 0 Å². The van der Waals surface area contributed by atoms with Crippen molar-refractivity contribution in [3.8, 4) is 23.5 Å². The molecule has 49 heavy (non-hydrogen) atoms. The number of aromatic nitrogens is 8. The van der Waals surface area contributed by atoms with Crippen LogP contribution in [0.4, 0.5) is 20.4 Å². The van der Waals surface area contributed by atoms with E-state index >= 15 is 0 Å². The number of hydrogen-bond donors (Lipinski definition) is 0. The lowest BCUT2D eigenvalue weighted by Gasteiger charge is -2.27. The molecule has 4 aromatic heterocycles. The summed E-state index contributed by atoms with van der Waals surface area (Å²) in [7, 11) is 0. The first-order chi connectivity index (χ1) is 23.9. The average Bonchev–Trinajstić information content (AvgIpc) is 3.78. The highest BCUT2D eigenvalue weighted by Gasteiger charge is 2.23. The highest BCUT2D eigenvalue weighted by Crippen LogP contribution is 2.29. The van der Waals surface area contributed by atoms with Gasteiger partial charge in [-0.05, 0) is 24.3 Å². The number of ether oxygens (including phenoxy) is 2. The summed E-state index contributed by atoms with van der Waals surface area (Å²) in [5.74, 6) is -0.621. The highest BCUT2D eigenvalue weighted by molar-refractivity contribution is 6.32. The van der Waals surface area contributed by atoms with Gasteiger partial charge in [0.1, 0.15) is 24.8 Å². The Kier molecular flexibility index (Phi) is 8.91. The van der Waals surface area contributed by atoms with Gasteiger partial charge >= 0.3 is 0 Å². The number of imidazole rings is 2. The van der Waals surface area contributed by atoms with Crippen LogP contribution in [0, 0.1) is 34.3 Å². The minimum absolute atomic E-state index is 0.0154. The van der Waals surface area contributed by atoms with Gasteiger partial charge in [-0.25, -0.2) is 18.7 Å². The van der Waals surface area contributed by atoms with E-state index in [4.69, 9.17) is 21.1 Å². The third kappa shape index (κ3) is 6.28. The van der Waals surface area contributed by atoms with Gasteiger partial charge in [0.2, 0.25) is 11.6 Å². The van der Waals surface area contributed by atoms with Crippen LogP contribution in [0.3, 0.4) is 0 Å². The first kappa shape index (κ1) is 31.8. The van der Waals surface area contributed by atoms with Gasteiger partial charge in [0.25, 0.3) is 0 Å². The molecule has 17 heteroatoms. The van der Waals surface area contributed by atoms with Crippen LogP contribution < -0.4 is 9.80 Å². The quantitative estimate of drug-likeness (QED) is 0.264. The molecule has 8 rings (SSSR count). The number of halogens is 3. The van der Waals surface area contributed by atoms with Crippen LogP contribution in [-0.2, 0) is 9.47 Å². The Bertz CT molecular complexity index is 2250. The minimum Gasteiger partial charge on any atom is -0.378 e. The number of benzene rings is 2. The molecule has 0 N–H and O–H groups in total. The Morgan fingerprint density at radius 1 is 0.673 bits per heavy atom. The molecule has 6 heterocycles. The number of nitriles is 2. The van der Waals surface area contributed by atoms with E-state index < -0.39 is 11.6 Å². The second-order valence-electron chi connectivity index (χ2n) is 10.8. The molecule has 14 nitrogen and oxygen atoms in total. The molecule has 0 saturated carbocycles. The zero-order valence-corrected chi connectivity index (χ0v) is 26.4. The molecule has 0 unspecified atom stereocenters. The van der Waals surface area contributed by atoms with E-state index in [2.05, 4.69) is 34.8 Å². The first-order valence-electron chi connectivity index (χ1n) is 15.1. The van der Waals surface area contributed by atoms with Crippen LogP contribution in [0.1, 0.15) is 11.6 Å². The fraction of sp³-hybridized carbons (Fsp3) is 0.250. The van der Waals surface area contributed by atoms with E-state index in [0.717, 1.165) is 17.8 Å². The van der Waals surface area contributed by atoms with E-state index in [9.17, 15) is 19.3 Å². The third-order valence-corrected chi connectivity index (χ3v) is 8.19. The van der Waals surface area contributed by atoms with Gasteiger partial charge in [-0.15, -0.1) is 0 Å². The molecule has 2 aliphatic heterocycles. The van der Waals surface area contributed by atoms with Gasteiger partial charge in [-0.3, -0.25) is 9.13 Å². The Hall–Kier alpha value is -5.81. The summed E-state index contributed by atoms with van der Waals surface area (Å²) in [6, 6.07) is 14.9. The molecule has 0 bridgehead atoms. The van der Waals surface area contributed by atoms with Gasteiger partial charge < -0.3 is 19.3 Å². The van der Waals surface area contributed by atoms with Gasteiger partial charge in [-0.2, -0.15) is 30.5 Å². The number of morpholine rings is 2. The molecule has 2 aromatic carbocycles. The maximum absolute atomic E-state index is 13.6. The normalized spacial score (nSPS) is 14.7. The Morgan fingerprint density at radius 3 is 1.73 bits per heavy atom. The van der Waals surface area contributed by atoms with Gasteiger partial charge in [0.15, 0.2) is 45.6 Å². The van der Waals surface area contributed by atoms with Crippen LogP contribution in [0.15, 0.2) is 55.1 Å². The van der Waals surface area contributed by atoms with Gasteiger partial charge in [0.05, 0.1) is 42.8 Å². The first-order valence-corrected chi connectivity index (χ1v) is 15.5. The lowest BCUT2D eigenvalue weighted by atomic mass is 10.3. The molecule has 0 spiro atoms. The van der Waals surface area contributed by atoms with Crippen molar-refractivity contribution in [2.75, 3.05) is 62.4 Å². The predicted molar refractivity (Wildman–Crippen MR) is 174 cm³/mol. The van der Waals surface area contributed by atoms with Crippen molar-refractivity contribution in [2.45, 2.75) is 0 Å². The maximum atomic E-state index is 13.6. The van der Waals surface area contributed by atoms with Crippen molar-refractivity contribution in [1.82, 2.24) is 39.0 Å². The summed E-state index contributed by atoms with van der Waals surface area (Å²) in [6.07, 6.45) is 3.11. The van der Waals surface area contributed by atoms with Crippen LogP contribution in [0.25, 0.3) is 33.7 Å². The topological polar surface area (TPSA) is 160 Å². The zero-order chi connectivity index (χ0) is 33.9. The molecule has 0 atom stereocenters. The van der Waals surface area contributed by atoms with Crippen LogP contribution >= 0.6 is 11.6 Å². The number of rotatable bonds is 4. The van der Waals surface area contributed by atoms with Gasteiger partial charge in [0, 0.05) is 32.2 Å². The largest absolute Gasteiger partial charge is 0.378 e. The van der Waals surface area contributed by atoms with Crippen LogP contribution in [0.5, 0.6) is 0 Å². The predicted octanol–water partition coefficient (Wildman–Crippen LogP) is 3.98. The summed E-state index contributed by atoms with van der Waals surface area (Å²) in [5.41, 5.74) is 3.19. The summed E-state index contributed by atoms with van der Waals surface area (Å²) < 4.78 is 40.8. The smallest absolute Gasteiger partial charge is 0.236 e. The van der Waals surface area contributed by atoms with Crippen molar-refractivity contribution in [3.63, 3.8) is 0 Å². The summed E-state index contributed by atoms with van der Waals surface area (Å²) in [5, 5.41) is 19.1. The number of para-hydroxylation sites is 1. The summed E-state index contributed by atoms with van der Waals surface area (Å²) in [6.45, 7) is 5.00. The van der Waals surface area contributed by atoms with Crippen LogP contribution in [-0.4, -0.2) is 91.6 Å². The molecule has 2 saturated heterocycles. The number of anilines is 2. The van der Waals surface area contributed by atoms with Gasteiger partial charge in [-0.1, -0.05) is 23.7 Å². The van der Waals surface area contributed by atoms with Crippen molar-refractivity contribution in [1.29, 1.82) is 10.5 Å². The zero-order valence-electron chi connectivity index (χ0n) is 25.7. The van der Waals surface area contributed by atoms with E-state index in [1.165, 1.54) is 17.0 Å². The molecular formula is C32H25ClF2N12O2. The van der Waals surface area contributed by atoms with Crippen molar-refractivity contribution < 1.29 is 18.3 Å². The third-order valence-electron chi connectivity index (χ3n) is 7.87. The molecule has 0 amide bonds. The number of nitrogens with zero attached hydrogens (tertiary/aromatic N) is 12. The minimum atomic E-state index is -0.970. The van der Waals surface area contributed by atoms with E-state index in [-0.39, 0.29) is 11.6 Å². The standard InChI is InChI=1S/C16H13ClN6O.C16H12F2N6O/c17-11-3-1-2-4-12(11)23-10-19-14-15(22-5-7-24-8-6-22)20-13(9-18)21-16(14)23;17-11-2-1-10(7-12(11)18)24-9-20-14-15(23-3-5-25-6-4-23)21-13(8-19)22-16(14)24/h1-4,10H,5-8H2;1-2,7,9H,3-6H2. The average molecular weight is 683 g/mol. The van der Waals surface area contributed by atoms with E-state index in [1.807, 2.05) is 35.2 Å². The maximum Gasteiger partial charge on any atom is 0.236 e. The van der Waals surface area contributed by atoms with E-state index in [0.29, 0.717) is 97.3 Å². The molecule has 0 aliphatic carbocycles. The lowest BCUT2D eigenvalue weighted by molar-refractivity contribution is 0.122. The summed E-state index contributed by atoms with van der Waals surface area (Å²) >= 11 is 6.29. The summed E-state index contributed by atoms with van der Waals surface area (Å²) in [4.78, 5) is 30.0. The lowest BCUT2D eigenvalue weighted by Crippen LogP contribution is -2.37. The van der Waals surface area contributed by atoms with Crippen molar-refractivity contribution >= 4 is 45.6 Å².